The minimum atomic E-state index is -1.42. The Morgan fingerprint density at radius 1 is 1.27 bits per heavy atom. The van der Waals surface area contributed by atoms with Crippen LogP contribution in [0.3, 0.4) is 0 Å². The fourth-order valence-corrected chi connectivity index (χ4v) is 0.907. The highest BCUT2D eigenvalue weighted by Crippen LogP contribution is 2.00. The molecule has 0 aromatic heterocycles. The summed E-state index contributed by atoms with van der Waals surface area (Å²) in [6.45, 7) is -0.724. The van der Waals surface area contributed by atoms with E-state index in [4.69, 9.17) is 0 Å². The first-order valence-electron chi connectivity index (χ1n) is 4.28. The van der Waals surface area contributed by atoms with Gasteiger partial charge in [0.1, 0.15) is 6.61 Å². The first-order valence-corrected chi connectivity index (χ1v) is 4.28. The van der Waals surface area contributed by atoms with Crippen LogP contribution in [0.5, 0.6) is 0 Å². The molecular weight excluding hydrogens is 196 g/mol. The number of carbonyl (C=O) groups excluding carboxylic acids is 2. The summed E-state index contributed by atoms with van der Waals surface area (Å²) in [5.74, 6) is -2.13. The summed E-state index contributed by atoms with van der Waals surface area (Å²) >= 11 is 0. The minimum Gasteiger partial charge on any atom is -0.546 e. The standard InChI is InChI=1S/C11H10O4/c12-10(13)8-15-11(14)7-6-9-4-2-1-3-5-9/h1-7H,8H2,(H,12,13)/p-1/b7-6+. The van der Waals surface area contributed by atoms with Crippen molar-refractivity contribution in [2.45, 2.75) is 0 Å². The maximum absolute atomic E-state index is 10.9. The maximum Gasteiger partial charge on any atom is 0.331 e. The van der Waals surface area contributed by atoms with Crippen LogP contribution in [0.1, 0.15) is 5.56 Å². The third kappa shape index (κ3) is 4.61. The number of carbonyl (C=O) groups is 2. The van der Waals surface area contributed by atoms with Gasteiger partial charge in [0.25, 0.3) is 0 Å². The Hall–Kier alpha value is -2.10. The smallest absolute Gasteiger partial charge is 0.331 e. The average molecular weight is 205 g/mol. The molecule has 0 spiro atoms. The Labute approximate surface area is 86.8 Å². The van der Waals surface area contributed by atoms with E-state index in [-0.39, 0.29) is 0 Å². The van der Waals surface area contributed by atoms with E-state index in [1.54, 1.807) is 0 Å². The topological polar surface area (TPSA) is 66.4 Å². The van der Waals surface area contributed by atoms with Gasteiger partial charge in [-0.2, -0.15) is 0 Å². The van der Waals surface area contributed by atoms with E-state index >= 15 is 0 Å². The number of benzene rings is 1. The van der Waals surface area contributed by atoms with Crippen molar-refractivity contribution in [3.05, 3.63) is 42.0 Å². The molecule has 0 bridgehead atoms. The lowest BCUT2D eigenvalue weighted by atomic mass is 10.2. The van der Waals surface area contributed by atoms with E-state index < -0.39 is 18.5 Å². The normalized spacial score (nSPS) is 10.1. The van der Waals surface area contributed by atoms with Crippen LogP contribution < -0.4 is 5.11 Å². The van der Waals surface area contributed by atoms with E-state index in [0.717, 1.165) is 11.6 Å². The van der Waals surface area contributed by atoms with E-state index in [9.17, 15) is 14.7 Å². The highest BCUT2D eigenvalue weighted by Gasteiger charge is 1.95. The van der Waals surface area contributed by atoms with Gasteiger partial charge in [-0.3, -0.25) is 0 Å². The molecule has 78 valence electrons. The summed E-state index contributed by atoms with van der Waals surface area (Å²) in [7, 11) is 0. The van der Waals surface area contributed by atoms with Gasteiger partial charge in [-0.05, 0) is 11.6 Å². The number of ether oxygens (including phenoxy) is 1. The van der Waals surface area contributed by atoms with Gasteiger partial charge in [-0.1, -0.05) is 30.3 Å². The van der Waals surface area contributed by atoms with E-state index in [1.807, 2.05) is 30.3 Å². The molecule has 4 heteroatoms. The molecule has 0 fully saturated rings. The Balaban J connectivity index is 2.44. The monoisotopic (exact) mass is 205 g/mol. The summed E-state index contributed by atoms with van der Waals surface area (Å²) in [4.78, 5) is 20.9. The van der Waals surface area contributed by atoms with Crippen molar-refractivity contribution in [3.8, 4) is 0 Å². The second-order valence-electron chi connectivity index (χ2n) is 2.72. The van der Waals surface area contributed by atoms with Gasteiger partial charge in [0.2, 0.25) is 0 Å². The second kappa shape index (κ2) is 5.59. The molecule has 0 aliphatic carbocycles. The predicted molar refractivity (Wildman–Crippen MR) is 51.4 cm³/mol. The third-order valence-corrected chi connectivity index (χ3v) is 1.54. The quantitative estimate of drug-likeness (QED) is 0.512. The number of esters is 1. The van der Waals surface area contributed by atoms with Crippen LogP contribution in [-0.4, -0.2) is 18.5 Å². The van der Waals surface area contributed by atoms with Crippen LogP contribution in [0.2, 0.25) is 0 Å². The van der Waals surface area contributed by atoms with Crippen LogP contribution in [0.4, 0.5) is 0 Å². The highest BCUT2D eigenvalue weighted by atomic mass is 16.5. The molecule has 0 unspecified atom stereocenters. The fraction of sp³-hybridized carbons (Fsp3) is 0.0909. The van der Waals surface area contributed by atoms with Gasteiger partial charge in [0, 0.05) is 6.08 Å². The predicted octanol–water partition coefficient (Wildman–Crippen LogP) is -0.00710. The van der Waals surface area contributed by atoms with Crippen molar-refractivity contribution in [1.82, 2.24) is 0 Å². The zero-order valence-electron chi connectivity index (χ0n) is 7.88. The molecule has 1 aromatic rings. The SMILES string of the molecule is O=C([O-])COC(=O)/C=C/c1ccccc1. The lowest BCUT2D eigenvalue weighted by Crippen LogP contribution is -2.28. The maximum atomic E-state index is 10.9. The second-order valence-corrected chi connectivity index (χ2v) is 2.72. The molecule has 0 radical (unpaired) electrons. The van der Waals surface area contributed by atoms with Gasteiger partial charge < -0.3 is 14.6 Å². The molecule has 1 aromatic carbocycles. The Morgan fingerprint density at radius 2 is 1.93 bits per heavy atom. The van der Waals surface area contributed by atoms with E-state index in [1.165, 1.54) is 6.08 Å². The van der Waals surface area contributed by atoms with Crippen molar-refractivity contribution < 1.29 is 19.4 Å². The molecule has 15 heavy (non-hydrogen) atoms. The van der Waals surface area contributed by atoms with Crippen molar-refractivity contribution in [2.24, 2.45) is 0 Å². The van der Waals surface area contributed by atoms with Crippen LogP contribution in [0.15, 0.2) is 36.4 Å². The number of hydrogen-bond acceptors (Lipinski definition) is 4. The van der Waals surface area contributed by atoms with E-state index in [0.29, 0.717) is 0 Å². The van der Waals surface area contributed by atoms with Crippen molar-refractivity contribution >= 4 is 18.0 Å². The molecule has 0 aliphatic rings. The average Bonchev–Trinajstić information content (AvgIpc) is 2.25. The van der Waals surface area contributed by atoms with Gasteiger partial charge in [-0.25, -0.2) is 4.79 Å². The lowest BCUT2D eigenvalue weighted by molar-refractivity contribution is -0.308. The van der Waals surface area contributed by atoms with Gasteiger partial charge in [0.15, 0.2) is 0 Å². The third-order valence-electron chi connectivity index (χ3n) is 1.54. The Kier molecular flexibility index (Phi) is 4.09. The molecule has 1 rings (SSSR count). The van der Waals surface area contributed by atoms with Crippen molar-refractivity contribution in [1.29, 1.82) is 0 Å². The Morgan fingerprint density at radius 3 is 2.53 bits per heavy atom. The number of aliphatic carboxylic acids is 1. The molecule has 0 saturated carbocycles. The van der Waals surface area contributed by atoms with Crippen LogP contribution >= 0.6 is 0 Å². The Bertz CT molecular complexity index is 367. The van der Waals surface area contributed by atoms with Crippen molar-refractivity contribution in [3.63, 3.8) is 0 Å². The summed E-state index contributed by atoms with van der Waals surface area (Å²) in [6, 6.07) is 9.12. The van der Waals surface area contributed by atoms with Gasteiger partial charge in [0.05, 0.1) is 5.97 Å². The zero-order chi connectivity index (χ0) is 11.1. The van der Waals surface area contributed by atoms with Crippen LogP contribution in [-0.2, 0) is 14.3 Å². The van der Waals surface area contributed by atoms with Gasteiger partial charge in [-0.15, -0.1) is 0 Å². The lowest BCUT2D eigenvalue weighted by Gasteiger charge is -2.01. The summed E-state index contributed by atoms with van der Waals surface area (Å²) < 4.78 is 4.34. The summed E-state index contributed by atoms with van der Waals surface area (Å²) in [6.07, 6.45) is 2.70. The summed E-state index contributed by atoms with van der Waals surface area (Å²) in [5.41, 5.74) is 0.836. The number of rotatable bonds is 4. The van der Waals surface area contributed by atoms with Crippen LogP contribution in [0.25, 0.3) is 6.08 Å². The molecule has 0 N–H and O–H groups in total. The highest BCUT2D eigenvalue weighted by molar-refractivity contribution is 5.88. The zero-order valence-corrected chi connectivity index (χ0v) is 7.88. The van der Waals surface area contributed by atoms with Crippen LogP contribution in [0, 0.1) is 0 Å². The first kappa shape index (κ1) is 11.0. The molecule has 0 aliphatic heterocycles. The number of hydrogen-bond donors (Lipinski definition) is 0. The number of carboxylic acid groups (broad SMARTS) is 1. The molecule has 0 amide bonds. The van der Waals surface area contributed by atoms with E-state index in [2.05, 4.69) is 4.74 Å². The molecular formula is C11H9O4-. The number of carboxylic acids is 1. The first-order chi connectivity index (χ1) is 7.18. The molecule has 4 nitrogen and oxygen atoms in total. The molecule has 0 heterocycles. The molecule has 0 saturated heterocycles. The minimum absolute atomic E-state index is 0.706. The fourth-order valence-electron chi connectivity index (χ4n) is 0.907. The van der Waals surface area contributed by atoms with Crippen molar-refractivity contribution in [2.75, 3.05) is 6.61 Å². The molecule has 0 atom stereocenters. The largest absolute Gasteiger partial charge is 0.546 e. The summed E-state index contributed by atoms with van der Waals surface area (Å²) in [5, 5.41) is 9.97. The van der Waals surface area contributed by atoms with Gasteiger partial charge >= 0.3 is 5.97 Å².